The Labute approximate surface area is 159 Å². The summed E-state index contributed by atoms with van der Waals surface area (Å²) in [6.45, 7) is 5.96. The second kappa shape index (κ2) is 7.47. The zero-order valence-electron chi connectivity index (χ0n) is 14.5. The Balaban J connectivity index is 1.82. The highest BCUT2D eigenvalue weighted by molar-refractivity contribution is 7.14. The maximum absolute atomic E-state index is 11.6. The molecule has 0 aliphatic carbocycles. The standard InChI is InChI=1S/C18H17ClN2O4S/c1-4-21(11(3)22)18-20-12(9-26-18)8-24-16-7-15-13(6-14(16)19)10(2)5-17(23)25-15/h5-7,9H,4,8H2,1-3H3. The van der Waals surface area contributed by atoms with Crippen LogP contribution in [0.3, 0.4) is 0 Å². The molecule has 0 fully saturated rings. The molecule has 0 saturated carbocycles. The smallest absolute Gasteiger partial charge is 0.336 e. The van der Waals surface area contributed by atoms with Crippen LogP contribution in [-0.4, -0.2) is 17.4 Å². The van der Waals surface area contributed by atoms with Crippen molar-refractivity contribution in [2.45, 2.75) is 27.4 Å². The van der Waals surface area contributed by atoms with Gasteiger partial charge in [0.2, 0.25) is 5.91 Å². The number of nitrogens with zero attached hydrogens (tertiary/aromatic N) is 2. The van der Waals surface area contributed by atoms with Crippen molar-refractivity contribution in [2.75, 3.05) is 11.4 Å². The lowest BCUT2D eigenvalue weighted by atomic mass is 10.1. The van der Waals surface area contributed by atoms with Crippen molar-refractivity contribution in [1.82, 2.24) is 4.98 Å². The third kappa shape index (κ3) is 3.73. The average Bonchev–Trinajstić information content (AvgIpc) is 3.02. The lowest BCUT2D eigenvalue weighted by Crippen LogP contribution is -2.27. The third-order valence-corrected chi connectivity index (χ3v) is 5.05. The number of rotatable bonds is 5. The van der Waals surface area contributed by atoms with Gasteiger partial charge in [-0.3, -0.25) is 9.69 Å². The zero-order valence-corrected chi connectivity index (χ0v) is 16.1. The van der Waals surface area contributed by atoms with Crippen molar-refractivity contribution in [3.8, 4) is 5.75 Å². The number of fused-ring (bicyclic) bond motifs is 1. The Hall–Kier alpha value is -2.38. The number of thiazole rings is 1. The molecule has 26 heavy (non-hydrogen) atoms. The number of hydrogen-bond donors (Lipinski definition) is 0. The second-order valence-corrected chi connectivity index (χ2v) is 6.94. The highest BCUT2D eigenvalue weighted by atomic mass is 35.5. The van der Waals surface area contributed by atoms with Gasteiger partial charge >= 0.3 is 5.63 Å². The number of anilines is 1. The van der Waals surface area contributed by atoms with Gasteiger partial charge in [0, 0.05) is 36.4 Å². The van der Waals surface area contributed by atoms with Gasteiger partial charge in [0.05, 0.1) is 10.7 Å². The number of amides is 1. The zero-order chi connectivity index (χ0) is 18.8. The van der Waals surface area contributed by atoms with Crippen LogP contribution in [0.1, 0.15) is 25.1 Å². The Bertz CT molecular complexity index is 1030. The van der Waals surface area contributed by atoms with E-state index in [1.54, 1.807) is 17.0 Å². The first-order chi connectivity index (χ1) is 12.4. The first-order valence-electron chi connectivity index (χ1n) is 7.98. The largest absolute Gasteiger partial charge is 0.486 e. The van der Waals surface area contributed by atoms with Crippen LogP contribution < -0.4 is 15.3 Å². The number of carbonyl (C=O) groups is 1. The summed E-state index contributed by atoms with van der Waals surface area (Å²) < 4.78 is 11.0. The Morgan fingerprint density at radius 2 is 2.15 bits per heavy atom. The van der Waals surface area contributed by atoms with Gasteiger partial charge in [0.1, 0.15) is 17.9 Å². The molecule has 0 bridgehead atoms. The number of aromatic nitrogens is 1. The van der Waals surface area contributed by atoms with E-state index in [1.165, 1.54) is 24.3 Å². The summed E-state index contributed by atoms with van der Waals surface area (Å²) in [5.41, 5.74) is 1.47. The van der Waals surface area contributed by atoms with Crippen LogP contribution in [0.4, 0.5) is 5.13 Å². The molecule has 0 atom stereocenters. The molecule has 0 unspecified atom stereocenters. The molecule has 1 amide bonds. The molecule has 0 aliphatic heterocycles. The Kier molecular flexibility index (Phi) is 5.29. The molecule has 3 rings (SSSR count). The van der Waals surface area contributed by atoms with E-state index in [0.29, 0.717) is 33.7 Å². The molecular weight excluding hydrogens is 376 g/mol. The fourth-order valence-corrected chi connectivity index (χ4v) is 3.70. The topological polar surface area (TPSA) is 72.6 Å². The summed E-state index contributed by atoms with van der Waals surface area (Å²) in [5, 5.41) is 3.65. The van der Waals surface area contributed by atoms with Gasteiger partial charge in [-0.1, -0.05) is 11.6 Å². The van der Waals surface area contributed by atoms with Crippen LogP contribution in [0.5, 0.6) is 5.75 Å². The minimum absolute atomic E-state index is 0.0581. The first-order valence-corrected chi connectivity index (χ1v) is 9.24. The summed E-state index contributed by atoms with van der Waals surface area (Å²) in [5.74, 6) is 0.346. The van der Waals surface area contributed by atoms with Crippen molar-refractivity contribution >= 4 is 44.9 Å². The predicted octanol–water partition coefficient (Wildman–Crippen LogP) is 4.16. The van der Waals surface area contributed by atoms with Gasteiger partial charge in [-0.05, 0) is 25.5 Å². The van der Waals surface area contributed by atoms with Crippen LogP contribution in [0.2, 0.25) is 5.02 Å². The van der Waals surface area contributed by atoms with Crippen molar-refractivity contribution in [3.63, 3.8) is 0 Å². The highest BCUT2D eigenvalue weighted by Crippen LogP contribution is 2.32. The summed E-state index contributed by atoms with van der Waals surface area (Å²) in [6.07, 6.45) is 0. The van der Waals surface area contributed by atoms with E-state index >= 15 is 0 Å². The second-order valence-electron chi connectivity index (χ2n) is 5.70. The van der Waals surface area contributed by atoms with Crippen LogP contribution in [-0.2, 0) is 11.4 Å². The maximum Gasteiger partial charge on any atom is 0.336 e. The Morgan fingerprint density at radius 3 is 2.85 bits per heavy atom. The molecule has 0 aliphatic rings. The van der Waals surface area contributed by atoms with Crippen molar-refractivity contribution in [3.05, 3.63) is 50.3 Å². The molecule has 6 nitrogen and oxygen atoms in total. The fourth-order valence-electron chi connectivity index (χ4n) is 2.56. The average molecular weight is 393 g/mol. The van der Waals surface area contributed by atoms with E-state index in [9.17, 15) is 9.59 Å². The number of hydrogen-bond acceptors (Lipinski definition) is 6. The Morgan fingerprint density at radius 1 is 1.38 bits per heavy atom. The molecule has 2 heterocycles. The van der Waals surface area contributed by atoms with Gasteiger partial charge in [-0.25, -0.2) is 9.78 Å². The van der Waals surface area contributed by atoms with Crippen molar-refractivity contribution in [2.24, 2.45) is 0 Å². The minimum atomic E-state index is -0.420. The normalized spacial score (nSPS) is 10.9. The molecule has 0 radical (unpaired) electrons. The molecule has 3 aromatic rings. The molecule has 0 N–H and O–H groups in total. The summed E-state index contributed by atoms with van der Waals surface area (Å²) in [6, 6.07) is 4.74. The molecule has 1 aromatic carbocycles. The van der Waals surface area contributed by atoms with E-state index in [2.05, 4.69) is 4.98 Å². The van der Waals surface area contributed by atoms with E-state index in [0.717, 1.165) is 10.9 Å². The number of carbonyl (C=O) groups excluding carboxylic acids is 1. The summed E-state index contributed by atoms with van der Waals surface area (Å²) >= 11 is 7.66. The van der Waals surface area contributed by atoms with Gasteiger partial charge in [-0.2, -0.15) is 0 Å². The van der Waals surface area contributed by atoms with Crippen LogP contribution in [0.25, 0.3) is 11.0 Å². The molecule has 2 aromatic heterocycles. The van der Waals surface area contributed by atoms with Crippen LogP contribution >= 0.6 is 22.9 Å². The van der Waals surface area contributed by atoms with Gasteiger partial charge in [0.25, 0.3) is 0 Å². The minimum Gasteiger partial charge on any atom is -0.486 e. The fraction of sp³-hybridized carbons (Fsp3) is 0.278. The quantitative estimate of drug-likeness (QED) is 0.609. The lowest BCUT2D eigenvalue weighted by molar-refractivity contribution is -0.116. The van der Waals surface area contributed by atoms with Gasteiger partial charge in [-0.15, -0.1) is 11.3 Å². The van der Waals surface area contributed by atoms with Gasteiger partial charge < -0.3 is 9.15 Å². The number of halogens is 1. The van der Waals surface area contributed by atoms with Crippen molar-refractivity contribution < 1.29 is 13.9 Å². The SMILES string of the molecule is CCN(C(C)=O)c1nc(COc2cc3oc(=O)cc(C)c3cc2Cl)cs1. The summed E-state index contributed by atoms with van der Waals surface area (Å²) in [4.78, 5) is 29.2. The van der Waals surface area contributed by atoms with Crippen LogP contribution in [0, 0.1) is 6.92 Å². The number of aryl methyl sites for hydroxylation is 1. The highest BCUT2D eigenvalue weighted by Gasteiger charge is 2.14. The molecule has 8 heteroatoms. The van der Waals surface area contributed by atoms with E-state index in [4.69, 9.17) is 20.8 Å². The number of ether oxygens (including phenoxy) is 1. The predicted molar refractivity (Wildman–Crippen MR) is 102 cm³/mol. The summed E-state index contributed by atoms with van der Waals surface area (Å²) in [7, 11) is 0. The molecular formula is C18H17ClN2O4S. The lowest BCUT2D eigenvalue weighted by Gasteiger charge is -2.14. The van der Waals surface area contributed by atoms with E-state index < -0.39 is 5.63 Å². The van der Waals surface area contributed by atoms with E-state index in [1.807, 2.05) is 19.2 Å². The first kappa shape index (κ1) is 18.4. The van der Waals surface area contributed by atoms with E-state index in [-0.39, 0.29) is 12.5 Å². The third-order valence-electron chi connectivity index (χ3n) is 3.85. The maximum atomic E-state index is 11.6. The van der Waals surface area contributed by atoms with Crippen LogP contribution in [0.15, 0.2) is 32.8 Å². The molecule has 0 saturated heterocycles. The molecule has 0 spiro atoms. The van der Waals surface area contributed by atoms with Gasteiger partial charge in [0.15, 0.2) is 5.13 Å². The number of benzene rings is 1. The monoisotopic (exact) mass is 392 g/mol. The molecule has 136 valence electrons. The van der Waals surface area contributed by atoms with Crippen molar-refractivity contribution in [1.29, 1.82) is 0 Å².